The zero-order valence-electron chi connectivity index (χ0n) is 14.8. The smallest absolute Gasteiger partial charge is 0.276 e. The van der Waals surface area contributed by atoms with Gasteiger partial charge in [-0.3, -0.25) is 9.69 Å². The van der Waals surface area contributed by atoms with E-state index in [-0.39, 0.29) is 5.91 Å². The van der Waals surface area contributed by atoms with E-state index in [9.17, 15) is 4.79 Å². The third-order valence-corrected chi connectivity index (χ3v) is 5.83. The summed E-state index contributed by atoms with van der Waals surface area (Å²) in [6.07, 6.45) is 1.73. The molecule has 1 aliphatic rings. The summed E-state index contributed by atoms with van der Waals surface area (Å²) < 4.78 is 2.52. The number of nitrogens with zero attached hydrogens (tertiary/aromatic N) is 5. The van der Waals surface area contributed by atoms with Crippen molar-refractivity contribution >= 4 is 28.8 Å². The van der Waals surface area contributed by atoms with E-state index in [1.54, 1.807) is 22.2 Å². The Bertz CT molecular complexity index is 902. The summed E-state index contributed by atoms with van der Waals surface area (Å²) in [5, 5.41) is 8.17. The molecular weight excluding hydrogens is 382 g/mol. The fourth-order valence-corrected chi connectivity index (χ4v) is 4.30. The van der Waals surface area contributed by atoms with Crippen LogP contribution in [-0.4, -0.2) is 56.9 Å². The molecule has 0 atom stereocenters. The number of hydrogen-bond acceptors (Lipinski definition) is 5. The van der Waals surface area contributed by atoms with E-state index in [0.717, 1.165) is 29.5 Å². The number of thiophene rings is 1. The molecule has 1 saturated heterocycles. The van der Waals surface area contributed by atoms with E-state index >= 15 is 0 Å². The average Bonchev–Trinajstić information content (AvgIpc) is 3.32. The lowest BCUT2D eigenvalue weighted by molar-refractivity contribution is 0.0624. The first-order valence-corrected chi connectivity index (χ1v) is 10.1. The Morgan fingerprint density at radius 2 is 1.81 bits per heavy atom. The summed E-state index contributed by atoms with van der Waals surface area (Å²) in [6, 6.07) is 14.0. The van der Waals surface area contributed by atoms with E-state index in [1.807, 2.05) is 41.3 Å². The highest BCUT2D eigenvalue weighted by molar-refractivity contribution is 7.16. The lowest BCUT2D eigenvalue weighted by Gasteiger charge is -2.34. The van der Waals surface area contributed by atoms with Gasteiger partial charge in [-0.25, -0.2) is 4.68 Å². The van der Waals surface area contributed by atoms with Gasteiger partial charge in [0.25, 0.3) is 5.91 Å². The lowest BCUT2D eigenvalue weighted by atomic mass is 10.2. The summed E-state index contributed by atoms with van der Waals surface area (Å²) in [5.74, 6) is -0.0480. The monoisotopic (exact) mass is 401 g/mol. The molecule has 4 rings (SSSR count). The van der Waals surface area contributed by atoms with Crippen LogP contribution in [0, 0.1) is 0 Å². The predicted octanol–water partition coefficient (Wildman–Crippen LogP) is 3.00. The second-order valence-corrected chi connectivity index (χ2v) is 8.36. The van der Waals surface area contributed by atoms with Gasteiger partial charge in [0.2, 0.25) is 0 Å². The van der Waals surface area contributed by atoms with Gasteiger partial charge in [0, 0.05) is 37.6 Å². The van der Waals surface area contributed by atoms with Crippen LogP contribution in [0.1, 0.15) is 20.9 Å². The molecule has 1 aliphatic heterocycles. The summed E-state index contributed by atoms with van der Waals surface area (Å²) >= 11 is 7.61. The van der Waals surface area contributed by atoms with Crippen molar-refractivity contribution in [1.82, 2.24) is 24.8 Å². The van der Waals surface area contributed by atoms with Crippen molar-refractivity contribution in [2.75, 3.05) is 26.2 Å². The number of aromatic nitrogens is 3. The predicted molar refractivity (Wildman–Crippen MR) is 106 cm³/mol. The van der Waals surface area contributed by atoms with Crippen molar-refractivity contribution in [3.8, 4) is 0 Å². The van der Waals surface area contributed by atoms with E-state index in [4.69, 9.17) is 11.6 Å². The quantitative estimate of drug-likeness (QED) is 0.659. The van der Waals surface area contributed by atoms with Gasteiger partial charge < -0.3 is 4.90 Å². The van der Waals surface area contributed by atoms with Crippen LogP contribution in [0.4, 0.5) is 0 Å². The highest BCUT2D eigenvalue weighted by atomic mass is 35.5. The molecule has 27 heavy (non-hydrogen) atoms. The summed E-state index contributed by atoms with van der Waals surface area (Å²) in [4.78, 5) is 18.2. The zero-order valence-corrected chi connectivity index (χ0v) is 16.4. The Morgan fingerprint density at radius 3 is 2.52 bits per heavy atom. The molecule has 1 amide bonds. The van der Waals surface area contributed by atoms with Crippen LogP contribution in [0.25, 0.3) is 0 Å². The Hall–Kier alpha value is -2.22. The molecule has 0 N–H and O–H groups in total. The van der Waals surface area contributed by atoms with Gasteiger partial charge in [-0.15, -0.1) is 16.4 Å². The topological polar surface area (TPSA) is 54.3 Å². The number of hydrogen-bond donors (Lipinski definition) is 0. The lowest BCUT2D eigenvalue weighted by Crippen LogP contribution is -2.48. The molecule has 0 bridgehead atoms. The van der Waals surface area contributed by atoms with Crippen molar-refractivity contribution in [1.29, 1.82) is 0 Å². The van der Waals surface area contributed by atoms with Gasteiger partial charge >= 0.3 is 0 Å². The Balaban J connectivity index is 1.31. The maximum Gasteiger partial charge on any atom is 0.276 e. The Morgan fingerprint density at radius 1 is 1.04 bits per heavy atom. The van der Waals surface area contributed by atoms with Crippen molar-refractivity contribution in [3.05, 3.63) is 69.1 Å². The van der Waals surface area contributed by atoms with Crippen LogP contribution >= 0.6 is 22.9 Å². The van der Waals surface area contributed by atoms with Crippen LogP contribution < -0.4 is 0 Å². The maximum atomic E-state index is 12.7. The van der Waals surface area contributed by atoms with Crippen molar-refractivity contribution in [2.24, 2.45) is 0 Å². The second kappa shape index (κ2) is 8.21. The third kappa shape index (κ3) is 4.55. The normalized spacial score (nSPS) is 15.2. The SMILES string of the molecule is O=C(c1cn(Cc2ccccc2)nn1)N1CCN(Cc2ccc(Cl)s2)CC1. The molecule has 0 radical (unpaired) electrons. The number of carbonyl (C=O) groups excluding carboxylic acids is 1. The third-order valence-electron chi connectivity index (χ3n) is 4.61. The van der Waals surface area contributed by atoms with Crippen molar-refractivity contribution in [2.45, 2.75) is 13.1 Å². The van der Waals surface area contributed by atoms with E-state index in [2.05, 4.69) is 21.3 Å². The highest BCUT2D eigenvalue weighted by Gasteiger charge is 2.24. The first-order chi connectivity index (χ1) is 13.2. The average molecular weight is 402 g/mol. The molecule has 1 fully saturated rings. The van der Waals surface area contributed by atoms with Gasteiger partial charge in [-0.05, 0) is 17.7 Å². The van der Waals surface area contributed by atoms with Crippen LogP contribution in [0.2, 0.25) is 4.34 Å². The molecule has 3 aromatic rings. The van der Waals surface area contributed by atoms with E-state index < -0.39 is 0 Å². The van der Waals surface area contributed by atoms with Gasteiger partial charge in [0.15, 0.2) is 5.69 Å². The standard InChI is InChI=1S/C19H20ClN5OS/c20-18-7-6-16(27-18)13-23-8-10-24(11-9-23)19(26)17-14-25(22-21-17)12-15-4-2-1-3-5-15/h1-7,14H,8-13H2. The molecule has 0 aliphatic carbocycles. The van der Waals surface area contributed by atoms with Crippen molar-refractivity contribution in [3.63, 3.8) is 0 Å². The first-order valence-electron chi connectivity index (χ1n) is 8.87. The Kier molecular flexibility index (Phi) is 5.52. The number of piperazine rings is 1. The van der Waals surface area contributed by atoms with Gasteiger partial charge in [-0.2, -0.15) is 0 Å². The number of halogens is 1. The maximum absolute atomic E-state index is 12.7. The molecule has 0 saturated carbocycles. The summed E-state index contributed by atoms with van der Waals surface area (Å²) in [6.45, 7) is 4.58. The Labute approximate surface area is 167 Å². The second-order valence-electron chi connectivity index (χ2n) is 6.56. The zero-order chi connectivity index (χ0) is 18.6. The van der Waals surface area contributed by atoms with Gasteiger partial charge in [0.05, 0.1) is 17.1 Å². The number of benzene rings is 1. The molecule has 0 unspecified atom stereocenters. The minimum Gasteiger partial charge on any atom is -0.335 e. The molecule has 0 spiro atoms. The van der Waals surface area contributed by atoms with E-state index in [1.165, 1.54) is 4.88 Å². The molecule has 140 valence electrons. The summed E-state index contributed by atoms with van der Waals surface area (Å²) in [7, 11) is 0. The number of rotatable bonds is 5. The number of amides is 1. The van der Waals surface area contributed by atoms with Gasteiger partial charge in [-0.1, -0.05) is 47.1 Å². The first kappa shape index (κ1) is 18.2. The van der Waals surface area contributed by atoms with Crippen molar-refractivity contribution < 1.29 is 4.79 Å². The molecule has 1 aromatic carbocycles. The fraction of sp³-hybridized carbons (Fsp3) is 0.316. The molecule has 3 heterocycles. The minimum absolute atomic E-state index is 0.0480. The van der Waals surface area contributed by atoms with E-state index in [0.29, 0.717) is 25.3 Å². The van der Waals surface area contributed by atoms with Crippen LogP contribution in [-0.2, 0) is 13.1 Å². The molecule has 8 heteroatoms. The van der Waals surface area contributed by atoms with Crippen LogP contribution in [0.5, 0.6) is 0 Å². The molecule has 6 nitrogen and oxygen atoms in total. The number of carbonyl (C=O) groups is 1. The molecular formula is C19H20ClN5OS. The summed E-state index contributed by atoms with van der Waals surface area (Å²) in [5.41, 5.74) is 1.54. The molecule has 2 aromatic heterocycles. The van der Waals surface area contributed by atoms with Crippen LogP contribution in [0.3, 0.4) is 0 Å². The fourth-order valence-electron chi connectivity index (χ4n) is 3.17. The van der Waals surface area contributed by atoms with Gasteiger partial charge in [0.1, 0.15) is 0 Å². The largest absolute Gasteiger partial charge is 0.335 e. The van der Waals surface area contributed by atoms with Crippen LogP contribution in [0.15, 0.2) is 48.7 Å². The minimum atomic E-state index is -0.0480. The highest BCUT2D eigenvalue weighted by Crippen LogP contribution is 2.23.